The second-order valence-corrected chi connectivity index (χ2v) is 5.01. The van der Waals surface area contributed by atoms with E-state index in [1.807, 2.05) is 18.2 Å². The van der Waals surface area contributed by atoms with Crippen LogP contribution < -0.4 is 4.74 Å². The summed E-state index contributed by atoms with van der Waals surface area (Å²) < 4.78 is 5.79. The summed E-state index contributed by atoms with van der Waals surface area (Å²) in [6.45, 7) is 0.744. The molecule has 3 rings (SSSR count). The standard InChI is InChI=1S/C16H13ClO2/c17-15-9-11(10-18)6-7-13(15)14-5-1-3-12-4-2-8-19-16(12)14/h1,3,5-7,9-10H,2,4,8H2. The summed E-state index contributed by atoms with van der Waals surface area (Å²) in [5.74, 6) is 0.925. The fourth-order valence-corrected chi connectivity index (χ4v) is 2.71. The first-order valence-electron chi connectivity index (χ1n) is 6.29. The van der Waals surface area contributed by atoms with Crippen molar-refractivity contribution >= 4 is 17.9 Å². The van der Waals surface area contributed by atoms with Gasteiger partial charge in [-0.2, -0.15) is 0 Å². The van der Waals surface area contributed by atoms with Crippen LogP contribution in [0, 0.1) is 0 Å². The van der Waals surface area contributed by atoms with Crippen LogP contribution in [-0.4, -0.2) is 12.9 Å². The van der Waals surface area contributed by atoms with Crippen LogP contribution in [0.25, 0.3) is 11.1 Å². The average molecular weight is 273 g/mol. The lowest BCUT2D eigenvalue weighted by Crippen LogP contribution is -2.09. The molecule has 1 heterocycles. The molecule has 2 aromatic carbocycles. The molecule has 0 bridgehead atoms. The Bertz CT molecular complexity index is 635. The van der Waals surface area contributed by atoms with Gasteiger partial charge in [0.25, 0.3) is 0 Å². The first-order chi connectivity index (χ1) is 9.29. The highest BCUT2D eigenvalue weighted by Gasteiger charge is 2.17. The molecule has 0 saturated heterocycles. The smallest absolute Gasteiger partial charge is 0.150 e. The number of para-hydroxylation sites is 1. The van der Waals surface area contributed by atoms with Crippen LogP contribution in [0.1, 0.15) is 22.3 Å². The molecule has 1 aliphatic heterocycles. The van der Waals surface area contributed by atoms with Crippen LogP contribution in [-0.2, 0) is 6.42 Å². The van der Waals surface area contributed by atoms with Gasteiger partial charge in [0.05, 0.1) is 6.61 Å². The summed E-state index contributed by atoms with van der Waals surface area (Å²) in [6.07, 6.45) is 2.88. The van der Waals surface area contributed by atoms with E-state index in [1.54, 1.807) is 12.1 Å². The molecule has 96 valence electrons. The summed E-state index contributed by atoms with van der Waals surface area (Å²) in [4.78, 5) is 10.8. The van der Waals surface area contributed by atoms with Gasteiger partial charge in [-0.1, -0.05) is 41.9 Å². The summed E-state index contributed by atoms with van der Waals surface area (Å²) in [5, 5.41) is 0.576. The van der Waals surface area contributed by atoms with Crippen molar-refractivity contribution < 1.29 is 9.53 Å². The molecule has 0 unspecified atom stereocenters. The van der Waals surface area contributed by atoms with Gasteiger partial charge in [0.15, 0.2) is 0 Å². The minimum absolute atomic E-state index is 0.576. The Morgan fingerprint density at radius 1 is 1.16 bits per heavy atom. The number of benzene rings is 2. The Morgan fingerprint density at radius 3 is 2.84 bits per heavy atom. The van der Waals surface area contributed by atoms with Gasteiger partial charge < -0.3 is 4.74 Å². The van der Waals surface area contributed by atoms with Gasteiger partial charge in [0.1, 0.15) is 12.0 Å². The summed E-state index contributed by atoms with van der Waals surface area (Å²) >= 11 is 6.27. The number of carbonyl (C=O) groups excluding carboxylic acids is 1. The number of hydrogen-bond acceptors (Lipinski definition) is 2. The molecule has 0 spiro atoms. The fraction of sp³-hybridized carbons (Fsp3) is 0.188. The molecule has 0 N–H and O–H groups in total. The number of ether oxygens (including phenoxy) is 1. The Balaban J connectivity index is 2.14. The van der Waals surface area contributed by atoms with E-state index in [-0.39, 0.29) is 0 Å². The fourth-order valence-electron chi connectivity index (χ4n) is 2.42. The highest BCUT2D eigenvalue weighted by atomic mass is 35.5. The monoisotopic (exact) mass is 272 g/mol. The molecule has 0 aliphatic carbocycles. The Labute approximate surface area is 117 Å². The molecular formula is C16H13ClO2. The number of rotatable bonds is 2. The molecule has 3 heteroatoms. The molecule has 0 amide bonds. The zero-order valence-electron chi connectivity index (χ0n) is 10.4. The van der Waals surface area contributed by atoms with Crippen LogP contribution in [0.3, 0.4) is 0 Å². The van der Waals surface area contributed by atoms with Crippen molar-refractivity contribution in [2.24, 2.45) is 0 Å². The van der Waals surface area contributed by atoms with E-state index >= 15 is 0 Å². The number of aryl methyl sites for hydroxylation is 1. The van der Waals surface area contributed by atoms with Gasteiger partial charge in [-0.25, -0.2) is 0 Å². The van der Waals surface area contributed by atoms with Crippen LogP contribution in [0.2, 0.25) is 5.02 Å². The molecule has 0 atom stereocenters. The van der Waals surface area contributed by atoms with E-state index in [1.165, 1.54) is 5.56 Å². The van der Waals surface area contributed by atoms with Gasteiger partial charge in [0, 0.05) is 21.7 Å². The molecule has 19 heavy (non-hydrogen) atoms. The van der Waals surface area contributed by atoms with Crippen LogP contribution >= 0.6 is 11.6 Å². The Morgan fingerprint density at radius 2 is 2.05 bits per heavy atom. The summed E-state index contributed by atoms with van der Waals surface area (Å²) in [6, 6.07) is 11.5. The van der Waals surface area contributed by atoms with Gasteiger partial charge in [-0.3, -0.25) is 4.79 Å². The lowest BCUT2D eigenvalue weighted by atomic mass is 9.97. The SMILES string of the molecule is O=Cc1ccc(-c2cccc3c2OCCC3)c(Cl)c1. The zero-order valence-corrected chi connectivity index (χ0v) is 11.1. The Kier molecular flexibility index (Phi) is 3.26. The molecular weight excluding hydrogens is 260 g/mol. The van der Waals surface area contributed by atoms with Crippen molar-refractivity contribution in [2.75, 3.05) is 6.61 Å². The number of aldehydes is 1. The number of halogens is 1. The van der Waals surface area contributed by atoms with Crippen LogP contribution in [0.4, 0.5) is 0 Å². The normalized spacial score (nSPS) is 13.5. The lowest BCUT2D eigenvalue weighted by molar-refractivity contribution is 0.112. The third-order valence-electron chi connectivity index (χ3n) is 3.35. The van der Waals surface area contributed by atoms with E-state index < -0.39 is 0 Å². The van der Waals surface area contributed by atoms with Gasteiger partial charge in [-0.05, 0) is 24.5 Å². The third-order valence-corrected chi connectivity index (χ3v) is 3.67. The first kappa shape index (κ1) is 12.2. The van der Waals surface area contributed by atoms with E-state index in [0.29, 0.717) is 10.6 Å². The molecule has 0 radical (unpaired) electrons. The molecule has 0 aromatic heterocycles. The van der Waals surface area contributed by atoms with Crippen molar-refractivity contribution in [1.29, 1.82) is 0 Å². The topological polar surface area (TPSA) is 26.3 Å². The van der Waals surface area contributed by atoms with E-state index in [4.69, 9.17) is 16.3 Å². The average Bonchev–Trinajstić information content (AvgIpc) is 2.46. The minimum Gasteiger partial charge on any atom is -0.493 e. The quantitative estimate of drug-likeness (QED) is 0.768. The summed E-state index contributed by atoms with van der Waals surface area (Å²) in [7, 11) is 0. The molecule has 2 nitrogen and oxygen atoms in total. The maximum atomic E-state index is 10.8. The molecule has 1 aliphatic rings. The molecule has 2 aromatic rings. The maximum Gasteiger partial charge on any atom is 0.150 e. The van der Waals surface area contributed by atoms with Gasteiger partial charge >= 0.3 is 0 Å². The van der Waals surface area contributed by atoms with Crippen molar-refractivity contribution in [3.63, 3.8) is 0 Å². The predicted octanol–water partition coefficient (Wildman–Crippen LogP) is 4.14. The summed E-state index contributed by atoms with van der Waals surface area (Å²) in [5.41, 5.74) is 3.71. The van der Waals surface area contributed by atoms with E-state index in [9.17, 15) is 4.79 Å². The second-order valence-electron chi connectivity index (χ2n) is 4.60. The van der Waals surface area contributed by atoms with Crippen molar-refractivity contribution in [3.05, 3.63) is 52.5 Å². The highest BCUT2D eigenvalue weighted by Crippen LogP contribution is 2.39. The largest absolute Gasteiger partial charge is 0.493 e. The van der Waals surface area contributed by atoms with Crippen LogP contribution in [0.5, 0.6) is 5.75 Å². The van der Waals surface area contributed by atoms with Gasteiger partial charge in [0.2, 0.25) is 0 Å². The van der Waals surface area contributed by atoms with E-state index in [2.05, 4.69) is 6.07 Å². The third kappa shape index (κ3) is 2.24. The molecule has 0 fully saturated rings. The number of hydrogen-bond donors (Lipinski definition) is 0. The highest BCUT2D eigenvalue weighted by molar-refractivity contribution is 6.33. The number of carbonyl (C=O) groups is 1. The first-order valence-corrected chi connectivity index (χ1v) is 6.67. The maximum absolute atomic E-state index is 10.8. The Hall–Kier alpha value is -1.80. The second kappa shape index (κ2) is 5.06. The van der Waals surface area contributed by atoms with Crippen molar-refractivity contribution in [3.8, 4) is 16.9 Å². The van der Waals surface area contributed by atoms with E-state index in [0.717, 1.165) is 42.6 Å². The lowest BCUT2D eigenvalue weighted by Gasteiger charge is -2.20. The number of fused-ring (bicyclic) bond motifs is 1. The van der Waals surface area contributed by atoms with Crippen molar-refractivity contribution in [1.82, 2.24) is 0 Å². The molecule has 0 saturated carbocycles. The predicted molar refractivity (Wildman–Crippen MR) is 76.1 cm³/mol. The van der Waals surface area contributed by atoms with Gasteiger partial charge in [-0.15, -0.1) is 0 Å². The van der Waals surface area contributed by atoms with Crippen LogP contribution in [0.15, 0.2) is 36.4 Å². The minimum atomic E-state index is 0.576. The van der Waals surface area contributed by atoms with Crippen molar-refractivity contribution in [2.45, 2.75) is 12.8 Å². The zero-order chi connectivity index (χ0) is 13.2.